The summed E-state index contributed by atoms with van der Waals surface area (Å²) < 4.78 is 14.0. The van der Waals surface area contributed by atoms with Crippen LogP contribution in [0.3, 0.4) is 0 Å². The predicted octanol–water partition coefficient (Wildman–Crippen LogP) is 6.12. The number of hydrogen-bond acceptors (Lipinski definition) is 4. The summed E-state index contributed by atoms with van der Waals surface area (Å²) in [6, 6.07) is 14.8. The fraction of sp³-hybridized carbons (Fsp3) is 0.261. The zero-order valence-corrected chi connectivity index (χ0v) is 18.6. The first-order valence-electron chi connectivity index (χ1n) is 9.89. The molecule has 1 fully saturated rings. The SMILES string of the molecule is O=C(c1cc2c(s1)-c1ccc(Cl)cc1SC2)N1CCCN(Cc2ccccc2F)C1. The summed E-state index contributed by atoms with van der Waals surface area (Å²) in [5.74, 6) is 0.725. The third kappa shape index (κ3) is 3.89. The first kappa shape index (κ1) is 20.1. The van der Waals surface area contributed by atoms with Gasteiger partial charge in [0.1, 0.15) is 5.82 Å². The monoisotopic (exact) mass is 458 g/mol. The van der Waals surface area contributed by atoms with Gasteiger partial charge in [0.25, 0.3) is 5.91 Å². The van der Waals surface area contributed by atoms with Crippen LogP contribution in [-0.2, 0) is 12.3 Å². The van der Waals surface area contributed by atoms with Gasteiger partial charge in [0.15, 0.2) is 0 Å². The number of carbonyl (C=O) groups is 1. The molecule has 5 rings (SSSR count). The van der Waals surface area contributed by atoms with Gasteiger partial charge in [0.2, 0.25) is 0 Å². The van der Waals surface area contributed by atoms with Crippen molar-refractivity contribution in [3.8, 4) is 10.4 Å². The highest BCUT2D eigenvalue weighted by Gasteiger charge is 2.27. The molecule has 0 aliphatic carbocycles. The van der Waals surface area contributed by atoms with Crippen molar-refractivity contribution in [3.63, 3.8) is 0 Å². The molecule has 3 heterocycles. The number of halogens is 2. The van der Waals surface area contributed by atoms with E-state index in [9.17, 15) is 9.18 Å². The number of amides is 1. The van der Waals surface area contributed by atoms with Crippen molar-refractivity contribution in [2.24, 2.45) is 0 Å². The zero-order chi connectivity index (χ0) is 20.7. The topological polar surface area (TPSA) is 23.6 Å². The second kappa shape index (κ2) is 8.35. The molecule has 2 aliphatic heterocycles. The van der Waals surface area contributed by atoms with Gasteiger partial charge in [0, 0.05) is 51.3 Å². The number of nitrogens with zero attached hydrogens (tertiary/aromatic N) is 2. The molecule has 7 heteroatoms. The van der Waals surface area contributed by atoms with E-state index in [-0.39, 0.29) is 11.7 Å². The van der Waals surface area contributed by atoms with Crippen molar-refractivity contribution < 1.29 is 9.18 Å². The molecule has 3 nitrogen and oxygen atoms in total. The largest absolute Gasteiger partial charge is 0.325 e. The van der Waals surface area contributed by atoms with Gasteiger partial charge in [-0.1, -0.05) is 35.9 Å². The minimum atomic E-state index is -0.192. The van der Waals surface area contributed by atoms with E-state index in [1.807, 2.05) is 41.3 Å². The molecule has 2 aliphatic rings. The summed E-state index contributed by atoms with van der Waals surface area (Å²) in [6.07, 6.45) is 0.891. The molecular formula is C23H20ClFN2OS2. The van der Waals surface area contributed by atoms with Gasteiger partial charge >= 0.3 is 0 Å². The van der Waals surface area contributed by atoms with Crippen molar-refractivity contribution in [1.29, 1.82) is 0 Å². The maximum absolute atomic E-state index is 14.0. The molecule has 0 bridgehead atoms. The average Bonchev–Trinajstić information content (AvgIpc) is 3.19. The first-order chi connectivity index (χ1) is 14.6. The molecule has 1 aromatic heterocycles. The molecule has 0 N–H and O–H groups in total. The smallest absolute Gasteiger partial charge is 0.264 e. The van der Waals surface area contributed by atoms with Gasteiger partial charge in [-0.15, -0.1) is 23.1 Å². The Morgan fingerprint density at radius 2 is 2.00 bits per heavy atom. The molecule has 1 amide bonds. The summed E-state index contributed by atoms with van der Waals surface area (Å²) in [7, 11) is 0. The number of carbonyl (C=O) groups excluding carboxylic acids is 1. The second-order valence-corrected chi connectivity index (χ2v) is 10.1. The molecule has 0 unspecified atom stereocenters. The van der Waals surface area contributed by atoms with E-state index >= 15 is 0 Å². The fourth-order valence-electron chi connectivity index (χ4n) is 4.01. The summed E-state index contributed by atoms with van der Waals surface area (Å²) >= 11 is 9.47. The lowest BCUT2D eigenvalue weighted by Crippen LogP contribution is -2.47. The Morgan fingerprint density at radius 3 is 2.87 bits per heavy atom. The maximum Gasteiger partial charge on any atom is 0.264 e. The van der Waals surface area contributed by atoms with Gasteiger partial charge in [-0.2, -0.15) is 0 Å². The lowest BCUT2D eigenvalue weighted by molar-refractivity contribution is 0.0482. The highest BCUT2D eigenvalue weighted by atomic mass is 35.5. The molecule has 0 atom stereocenters. The van der Waals surface area contributed by atoms with Crippen LogP contribution in [0, 0.1) is 5.82 Å². The lowest BCUT2D eigenvalue weighted by Gasteiger charge is -2.35. The van der Waals surface area contributed by atoms with Gasteiger partial charge in [-0.05, 0) is 36.2 Å². The molecule has 1 saturated heterocycles. The number of thioether (sulfide) groups is 1. The van der Waals surface area contributed by atoms with Crippen LogP contribution in [0.5, 0.6) is 0 Å². The standard InChI is InChI=1S/C23H20ClFN2OS2/c24-17-6-7-18-20(11-17)29-13-16-10-21(30-22(16)18)23(28)27-9-3-8-26(14-27)12-15-4-1-2-5-19(15)25/h1-2,4-7,10-11H,3,8-9,12-14H2. The maximum atomic E-state index is 14.0. The predicted molar refractivity (Wildman–Crippen MR) is 122 cm³/mol. The van der Waals surface area contributed by atoms with Crippen LogP contribution < -0.4 is 0 Å². The summed E-state index contributed by atoms with van der Waals surface area (Å²) in [5.41, 5.74) is 3.04. The molecule has 30 heavy (non-hydrogen) atoms. The van der Waals surface area contributed by atoms with Crippen molar-refractivity contribution >= 4 is 40.6 Å². The Balaban J connectivity index is 1.34. The first-order valence-corrected chi connectivity index (χ1v) is 12.1. The van der Waals surface area contributed by atoms with E-state index < -0.39 is 0 Å². The van der Waals surface area contributed by atoms with Crippen molar-refractivity contribution in [2.45, 2.75) is 23.6 Å². The molecule has 154 valence electrons. The average molecular weight is 459 g/mol. The Bertz CT molecular complexity index is 1120. The van der Waals surface area contributed by atoms with Crippen LogP contribution in [0.4, 0.5) is 4.39 Å². The number of rotatable bonds is 3. The van der Waals surface area contributed by atoms with E-state index in [0.29, 0.717) is 18.8 Å². The van der Waals surface area contributed by atoms with Crippen LogP contribution in [0.1, 0.15) is 27.2 Å². The van der Waals surface area contributed by atoms with Crippen LogP contribution >= 0.6 is 34.7 Å². The number of benzene rings is 2. The third-order valence-electron chi connectivity index (χ3n) is 5.50. The lowest BCUT2D eigenvalue weighted by atomic mass is 10.1. The van der Waals surface area contributed by atoms with Crippen LogP contribution in [-0.4, -0.2) is 35.5 Å². The molecule has 0 spiro atoms. The van der Waals surface area contributed by atoms with Crippen molar-refractivity contribution in [3.05, 3.63) is 75.4 Å². The molecule has 0 saturated carbocycles. The van der Waals surface area contributed by atoms with Gasteiger partial charge in [-0.25, -0.2) is 4.39 Å². The summed E-state index contributed by atoms with van der Waals surface area (Å²) in [6.45, 7) is 2.64. The van der Waals surface area contributed by atoms with E-state index in [4.69, 9.17) is 11.6 Å². The number of fused-ring (bicyclic) bond motifs is 3. The summed E-state index contributed by atoms with van der Waals surface area (Å²) in [4.78, 5) is 20.4. The zero-order valence-electron chi connectivity index (χ0n) is 16.2. The third-order valence-corrected chi connectivity index (χ3v) is 8.04. The van der Waals surface area contributed by atoms with Gasteiger partial charge < -0.3 is 4.90 Å². The van der Waals surface area contributed by atoms with E-state index in [0.717, 1.165) is 40.7 Å². The number of thiophene rings is 1. The highest BCUT2D eigenvalue weighted by molar-refractivity contribution is 7.98. The van der Waals surface area contributed by atoms with E-state index in [1.165, 1.54) is 21.4 Å². The molecular weight excluding hydrogens is 439 g/mol. The second-order valence-electron chi connectivity index (χ2n) is 7.60. The number of hydrogen-bond donors (Lipinski definition) is 0. The van der Waals surface area contributed by atoms with Crippen LogP contribution in [0.2, 0.25) is 5.02 Å². The Morgan fingerprint density at radius 1 is 1.13 bits per heavy atom. The van der Waals surface area contributed by atoms with E-state index in [2.05, 4.69) is 4.90 Å². The normalized spacial score (nSPS) is 16.3. The molecule has 2 aromatic carbocycles. The van der Waals surface area contributed by atoms with Crippen molar-refractivity contribution in [2.75, 3.05) is 19.8 Å². The molecule has 0 radical (unpaired) electrons. The summed E-state index contributed by atoms with van der Waals surface area (Å²) in [5, 5.41) is 0.737. The van der Waals surface area contributed by atoms with Crippen LogP contribution in [0.25, 0.3) is 10.4 Å². The minimum Gasteiger partial charge on any atom is -0.325 e. The van der Waals surface area contributed by atoms with E-state index in [1.54, 1.807) is 29.2 Å². The van der Waals surface area contributed by atoms with Crippen LogP contribution in [0.15, 0.2) is 53.4 Å². The Labute approximate surface area is 188 Å². The van der Waals surface area contributed by atoms with Gasteiger partial charge in [-0.3, -0.25) is 9.69 Å². The minimum absolute atomic E-state index is 0.0631. The van der Waals surface area contributed by atoms with Crippen molar-refractivity contribution in [1.82, 2.24) is 9.80 Å². The molecule has 3 aromatic rings. The quantitative estimate of drug-likeness (QED) is 0.472. The highest BCUT2D eigenvalue weighted by Crippen LogP contribution is 2.46. The fourth-order valence-corrected chi connectivity index (χ4v) is 6.67. The Kier molecular flexibility index (Phi) is 5.58. The van der Waals surface area contributed by atoms with Gasteiger partial charge in [0.05, 0.1) is 11.5 Å². The Hall–Kier alpha value is -1.86.